The second-order valence-corrected chi connectivity index (χ2v) is 14.5. The van der Waals surface area contributed by atoms with Crippen LogP contribution in [0.15, 0.2) is 0 Å². The normalized spacial score (nSPS) is 11.6. The second-order valence-electron chi connectivity index (χ2n) is 12.4. The van der Waals surface area contributed by atoms with E-state index in [2.05, 4.69) is 22.2 Å². The van der Waals surface area contributed by atoms with E-state index in [0.717, 1.165) is 25.7 Å². The van der Waals surface area contributed by atoms with E-state index >= 15 is 0 Å². The predicted octanol–water partition coefficient (Wildman–Crippen LogP) is 10.3. The Labute approximate surface area is 310 Å². The topological polar surface area (TPSA) is 133 Å². The van der Waals surface area contributed by atoms with Crippen molar-refractivity contribution in [1.29, 1.82) is 0 Å². The molecule has 0 aromatic rings. The molecule has 0 aliphatic heterocycles. The molecule has 0 saturated carbocycles. The number of unbranched alkanes of at least 4 members (excludes halogenated alkanes) is 28. The van der Waals surface area contributed by atoms with E-state index in [9.17, 15) is 25.9 Å². The molecule has 8 nitrogen and oxygen atoms in total. The van der Waals surface area contributed by atoms with Crippen molar-refractivity contribution < 1.29 is 34.3 Å². The molecule has 0 bridgehead atoms. The summed E-state index contributed by atoms with van der Waals surface area (Å²) in [6, 6.07) is 0. The van der Waals surface area contributed by atoms with Crippen molar-refractivity contribution in [2.45, 2.75) is 206 Å². The smallest absolute Gasteiger partial charge is 0.726 e. The summed E-state index contributed by atoms with van der Waals surface area (Å²) in [6.07, 6.45) is 37.7. The molecule has 0 unspecified atom stereocenters. The molecular formula is C34H70CaO8S2. The molecule has 11 heteroatoms. The minimum absolute atomic E-state index is 0. The van der Waals surface area contributed by atoms with E-state index in [1.807, 2.05) is 0 Å². The molecule has 0 atom stereocenters. The van der Waals surface area contributed by atoms with Gasteiger partial charge in [0.2, 0.25) is 20.8 Å². The van der Waals surface area contributed by atoms with Crippen LogP contribution >= 0.6 is 0 Å². The summed E-state index contributed by atoms with van der Waals surface area (Å²) in [5, 5.41) is 0. The molecule has 0 rings (SSSR count). The van der Waals surface area contributed by atoms with E-state index in [-0.39, 0.29) is 51.0 Å². The fourth-order valence-electron chi connectivity index (χ4n) is 5.27. The third kappa shape index (κ3) is 54.7. The molecule has 0 aliphatic rings. The molecule has 0 aromatic carbocycles. The van der Waals surface area contributed by atoms with Crippen LogP contribution in [0.2, 0.25) is 0 Å². The SMILES string of the molecule is CCCCCCCCCCCCCCCCCOS(=O)(=O)[O-].CCCCCCCCCCCCCCCCCOS(=O)(=O)[O-].[Ca+2]. The molecule has 0 spiro atoms. The number of hydrogen-bond acceptors (Lipinski definition) is 8. The van der Waals surface area contributed by atoms with Crippen molar-refractivity contribution in [2.24, 2.45) is 0 Å². The molecule has 0 heterocycles. The molecule has 0 radical (unpaired) electrons. The quantitative estimate of drug-likeness (QED) is 0.0279. The monoisotopic (exact) mass is 710 g/mol. The van der Waals surface area contributed by atoms with Crippen molar-refractivity contribution in [3.8, 4) is 0 Å². The van der Waals surface area contributed by atoms with Gasteiger partial charge >= 0.3 is 37.7 Å². The van der Waals surface area contributed by atoms with Crippen molar-refractivity contribution in [2.75, 3.05) is 13.2 Å². The average Bonchev–Trinajstić information content (AvgIpc) is 2.96. The van der Waals surface area contributed by atoms with Crippen LogP contribution in [0.25, 0.3) is 0 Å². The first-order chi connectivity index (χ1) is 21.1. The van der Waals surface area contributed by atoms with Gasteiger partial charge in [0.15, 0.2) is 0 Å². The Morgan fingerprint density at radius 3 is 0.644 bits per heavy atom. The van der Waals surface area contributed by atoms with Crippen LogP contribution in [-0.2, 0) is 29.2 Å². The third-order valence-electron chi connectivity index (χ3n) is 7.95. The van der Waals surface area contributed by atoms with Crippen molar-refractivity contribution >= 4 is 58.5 Å². The molecule has 0 saturated heterocycles. The van der Waals surface area contributed by atoms with Gasteiger partial charge in [-0.25, -0.2) is 16.8 Å². The molecular weight excluding hydrogens is 641 g/mol. The van der Waals surface area contributed by atoms with Crippen LogP contribution in [-0.4, -0.2) is 76.9 Å². The van der Waals surface area contributed by atoms with E-state index < -0.39 is 20.8 Å². The van der Waals surface area contributed by atoms with Gasteiger partial charge in [-0.3, -0.25) is 8.37 Å². The van der Waals surface area contributed by atoms with Gasteiger partial charge in [0, 0.05) is 0 Å². The summed E-state index contributed by atoms with van der Waals surface area (Å²) in [6.45, 7) is 4.57. The molecule has 0 fully saturated rings. The summed E-state index contributed by atoms with van der Waals surface area (Å²) in [4.78, 5) is 0. The van der Waals surface area contributed by atoms with Gasteiger partial charge in [0.1, 0.15) is 0 Å². The molecule has 0 aliphatic carbocycles. The molecule has 0 aromatic heterocycles. The average molecular weight is 711 g/mol. The minimum atomic E-state index is -4.49. The van der Waals surface area contributed by atoms with Gasteiger partial charge in [-0.05, 0) is 12.8 Å². The van der Waals surface area contributed by atoms with Crippen LogP contribution in [0, 0.1) is 0 Å². The Kier molecular flexibility index (Phi) is 44.2. The predicted molar refractivity (Wildman–Crippen MR) is 187 cm³/mol. The Hall–Kier alpha value is 1.000. The minimum Gasteiger partial charge on any atom is -0.726 e. The van der Waals surface area contributed by atoms with Gasteiger partial charge < -0.3 is 9.11 Å². The number of rotatable bonds is 34. The number of hydrogen-bond donors (Lipinski definition) is 0. The summed E-state index contributed by atoms with van der Waals surface area (Å²) in [5.74, 6) is 0. The first-order valence-corrected chi connectivity index (χ1v) is 21.0. The zero-order chi connectivity index (χ0) is 33.0. The van der Waals surface area contributed by atoms with Crippen molar-refractivity contribution in [1.82, 2.24) is 0 Å². The van der Waals surface area contributed by atoms with E-state index in [1.165, 1.54) is 154 Å². The van der Waals surface area contributed by atoms with Crippen LogP contribution < -0.4 is 0 Å². The molecule has 268 valence electrons. The van der Waals surface area contributed by atoms with Crippen LogP contribution in [0.4, 0.5) is 0 Å². The summed E-state index contributed by atoms with van der Waals surface area (Å²) >= 11 is 0. The van der Waals surface area contributed by atoms with Crippen LogP contribution in [0.5, 0.6) is 0 Å². The maximum atomic E-state index is 10.2. The summed E-state index contributed by atoms with van der Waals surface area (Å²) in [5.41, 5.74) is 0. The maximum absolute atomic E-state index is 10.2. The van der Waals surface area contributed by atoms with Gasteiger partial charge in [-0.1, -0.05) is 194 Å². The van der Waals surface area contributed by atoms with Gasteiger partial charge in [0.25, 0.3) is 0 Å². The maximum Gasteiger partial charge on any atom is 2.00 e. The van der Waals surface area contributed by atoms with E-state index in [4.69, 9.17) is 0 Å². The van der Waals surface area contributed by atoms with Crippen molar-refractivity contribution in [3.63, 3.8) is 0 Å². The van der Waals surface area contributed by atoms with Gasteiger partial charge in [-0.15, -0.1) is 0 Å². The Bertz CT molecular complexity index is 700. The second kappa shape index (κ2) is 39.4. The third-order valence-corrected chi connectivity index (χ3v) is 8.86. The summed E-state index contributed by atoms with van der Waals surface area (Å²) in [7, 11) is -8.99. The molecule has 45 heavy (non-hydrogen) atoms. The first-order valence-electron chi connectivity index (χ1n) is 18.3. The summed E-state index contributed by atoms with van der Waals surface area (Å²) < 4.78 is 69.5. The van der Waals surface area contributed by atoms with Gasteiger partial charge in [-0.2, -0.15) is 0 Å². The fourth-order valence-corrected chi connectivity index (χ4v) is 5.91. The molecule has 0 amide bonds. The van der Waals surface area contributed by atoms with Crippen LogP contribution in [0.1, 0.15) is 206 Å². The first kappa shape index (κ1) is 50.4. The largest absolute Gasteiger partial charge is 2.00 e. The van der Waals surface area contributed by atoms with E-state index in [1.54, 1.807) is 0 Å². The Morgan fingerprint density at radius 1 is 0.333 bits per heavy atom. The zero-order valence-corrected chi connectivity index (χ0v) is 33.3. The Balaban J connectivity index is -0.000000767. The van der Waals surface area contributed by atoms with Crippen molar-refractivity contribution in [3.05, 3.63) is 0 Å². The standard InChI is InChI=1S/2C17H36O4S.Ca/c2*1-2-3-4-5-6-7-8-9-10-11-12-13-14-15-16-17-21-22(18,19)20;/h2*2-17H2,1H3,(H,18,19,20);/q;;+2/p-2. The fraction of sp³-hybridized carbons (Fsp3) is 1.00. The van der Waals surface area contributed by atoms with Gasteiger partial charge in [0.05, 0.1) is 13.2 Å². The zero-order valence-electron chi connectivity index (χ0n) is 29.4. The Morgan fingerprint density at radius 2 is 0.489 bits per heavy atom. The molecule has 0 N–H and O–H groups in total. The van der Waals surface area contributed by atoms with E-state index in [0.29, 0.717) is 12.8 Å². The van der Waals surface area contributed by atoms with Crippen LogP contribution in [0.3, 0.4) is 0 Å².